The summed E-state index contributed by atoms with van der Waals surface area (Å²) in [5.41, 5.74) is -1.36. The van der Waals surface area contributed by atoms with Gasteiger partial charge in [0.05, 0.1) is 0 Å². The maximum atomic E-state index is 11.7. The zero-order chi connectivity index (χ0) is 16.1. The van der Waals surface area contributed by atoms with Crippen molar-refractivity contribution in [3.63, 3.8) is 0 Å². The van der Waals surface area contributed by atoms with Crippen molar-refractivity contribution in [1.29, 1.82) is 0 Å². The first-order valence-corrected chi connectivity index (χ1v) is 10.7. The highest BCUT2D eigenvalue weighted by Gasteiger charge is 2.21. The SMILES string of the molecule is O=S(=O)(OC(S)CCCCCS)OC(S)CCCCCS. The van der Waals surface area contributed by atoms with E-state index >= 15 is 0 Å². The second kappa shape index (κ2) is 13.7. The van der Waals surface area contributed by atoms with E-state index in [1.165, 1.54) is 0 Å². The summed E-state index contributed by atoms with van der Waals surface area (Å²) in [6.45, 7) is 0. The molecule has 2 atom stereocenters. The summed E-state index contributed by atoms with van der Waals surface area (Å²) in [5, 5.41) is 0. The summed E-state index contributed by atoms with van der Waals surface area (Å²) >= 11 is 16.5. The first-order chi connectivity index (χ1) is 9.91. The molecular formula is C12H26O4S5. The molecule has 9 heteroatoms. The molecule has 0 aliphatic carbocycles. The fourth-order valence-electron chi connectivity index (χ4n) is 1.61. The van der Waals surface area contributed by atoms with Gasteiger partial charge in [0.1, 0.15) is 10.9 Å². The number of thiol groups is 4. The molecule has 128 valence electrons. The van der Waals surface area contributed by atoms with E-state index in [-0.39, 0.29) is 0 Å². The van der Waals surface area contributed by atoms with E-state index in [2.05, 4.69) is 50.5 Å². The van der Waals surface area contributed by atoms with Crippen LogP contribution in [0.2, 0.25) is 0 Å². The molecule has 2 unspecified atom stereocenters. The Balaban J connectivity index is 3.89. The Morgan fingerprint density at radius 1 is 0.714 bits per heavy atom. The van der Waals surface area contributed by atoms with Crippen molar-refractivity contribution in [3.8, 4) is 0 Å². The average molecular weight is 395 g/mol. The molecule has 0 fully saturated rings. The number of unbranched alkanes of at least 4 members (excludes halogenated alkanes) is 4. The minimum atomic E-state index is -4.05. The lowest BCUT2D eigenvalue weighted by molar-refractivity contribution is 0.182. The standard InChI is InChI=1S/C12H26O4S5/c13-21(14,15-11(19)7-3-1-5-9-17)16-12(20)8-4-2-6-10-18/h11-12,17-20H,1-10H2. The topological polar surface area (TPSA) is 52.6 Å². The summed E-state index contributed by atoms with van der Waals surface area (Å²) < 4.78 is 33.0. The first kappa shape index (κ1) is 22.3. The number of rotatable bonds is 14. The van der Waals surface area contributed by atoms with Crippen LogP contribution in [0.15, 0.2) is 0 Å². The van der Waals surface area contributed by atoms with Crippen molar-refractivity contribution in [3.05, 3.63) is 0 Å². The van der Waals surface area contributed by atoms with Crippen LogP contribution in [0.1, 0.15) is 51.4 Å². The van der Waals surface area contributed by atoms with Gasteiger partial charge in [-0.3, -0.25) is 0 Å². The lowest BCUT2D eigenvalue weighted by atomic mass is 10.2. The van der Waals surface area contributed by atoms with Gasteiger partial charge in [-0.1, -0.05) is 12.8 Å². The van der Waals surface area contributed by atoms with Gasteiger partial charge in [-0.15, -0.1) is 25.3 Å². The maximum absolute atomic E-state index is 11.7. The van der Waals surface area contributed by atoms with Crippen molar-refractivity contribution in [2.75, 3.05) is 11.5 Å². The van der Waals surface area contributed by atoms with E-state index in [0.29, 0.717) is 12.8 Å². The lowest BCUT2D eigenvalue weighted by Crippen LogP contribution is -2.20. The predicted octanol–water partition coefficient (Wildman–Crippen LogP) is 3.76. The van der Waals surface area contributed by atoms with Crippen molar-refractivity contribution in [2.45, 2.75) is 62.2 Å². The van der Waals surface area contributed by atoms with Crippen molar-refractivity contribution in [1.82, 2.24) is 0 Å². The largest absolute Gasteiger partial charge is 0.402 e. The number of hydrogen-bond donors (Lipinski definition) is 4. The third kappa shape index (κ3) is 14.6. The Kier molecular flexibility index (Phi) is 14.5. The molecule has 0 aromatic heterocycles. The summed E-state index contributed by atoms with van der Waals surface area (Å²) in [7, 11) is -4.05. The Hall–Kier alpha value is 1.27. The van der Waals surface area contributed by atoms with Gasteiger partial charge in [0.15, 0.2) is 0 Å². The first-order valence-electron chi connectivity index (χ1n) is 7.10. The molecular weight excluding hydrogens is 368 g/mol. The molecule has 0 radical (unpaired) electrons. The molecule has 0 N–H and O–H groups in total. The van der Waals surface area contributed by atoms with Gasteiger partial charge in [0, 0.05) is 0 Å². The Morgan fingerprint density at radius 3 is 1.43 bits per heavy atom. The molecule has 0 heterocycles. The van der Waals surface area contributed by atoms with Gasteiger partial charge in [-0.05, 0) is 50.0 Å². The summed E-state index contributed by atoms with van der Waals surface area (Å²) in [6, 6.07) is 0. The van der Waals surface area contributed by atoms with Crippen LogP contribution < -0.4 is 0 Å². The van der Waals surface area contributed by atoms with E-state index < -0.39 is 21.3 Å². The van der Waals surface area contributed by atoms with E-state index in [0.717, 1.165) is 50.0 Å². The van der Waals surface area contributed by atoms with Crippen molar-refractivity contribution < 1.29 is 16.8 Å². The van der Waals surface area contributed by atoms with Gasteiger partial charge in [0.2, 0.25) is 0 Å². The maximum Gasteiger partial charge on any atom is 0.402 e. The average Bonchev–Trinajstić information content (AvgIpc) is 2.38. The molecule has 0 amide bonds. The van der Waals surface area contributed by atoms with Crippen LogP contribution in [0, 0.1) is 0 Å². The van der Waals surface area contributed by atoms with Crippen LogP contribution in [-0.4, -0.2) is 30.8 Å². The predicted molar refractivity (Wildman–Crippen MR) is 101 cm³/mol. The van der Waals surface area contributed by atoms with E-state index in [1.807, 2.05) is 0 Å². The molecule has 0 rings (SSSR count). The summed E-state index contributed by atoms with van der Waals surface area (Å²) in [4.78, 5) is 0. The Bertz CT molecular complexity index is 311. The molecule has 0 saturated heterocycles. The quantitative estimate of drug-likeness (QED) is 0.206. The third-order valence-corrected chi connectivity index (χ3v) is 5.26. The summed E-state index contributed by atoms with van der Waals surface area (Å²) in [6.07, 6.45) is 6.75. The smallest absolute Gasteiger partial charge is 0.234 e. The van der Waals surface area contributed by atoms with Crippen LogP contribution in [0.25, 0.3) is 0 Å². The normalized spacial score (nSPS) is 15.0. The van der Waals surface area contributed by atoms with Gasteiger partial charge >= 0.3 is 10.4 Å². The molecule has 0 aliphatic rings. The van der Waals surface area contributed by atoms with Crippen LogP contribution in [0.3, 0.4) is 0 Å². The molecule has 0 spiro atoms. The second-order valence-corrected chi connectivity index (χ2v) is 7.90. The van der Waals surface area contributed by atoms with Crippen LogP contribution in [0.4, 0.5) is 0 Å². The van der Waals surface area contributed by atoms with Crippen LogP contribution in [0.5, 0.6) is 0 Å². The highest BCUT2D eigenvalue weighted by Crippen LogP contribution is 2.18. The van der Waals surface area contributed by atoms with Gasteiger partial charge in [-0.2, -0.15) is 33.7 Å². The van der Waals surface area contributed by atoms with Crippen molar-refractivity contribution >= 4 is 60.9 Å². The van der Waals surface area contributed by atoms with Gasteiger partial charge in [0.25, 0.3) is 0 Å². The third-order valence-electron chi connectivity index (χ3n) is 2.68. The van der Waals surface area contributed by atoms with E-state index in [4.69, 9.17) is 8.37 Å². The monoisotopic (exact) mass is 394 g/mol. The lowest BCUT2D eigenvalue weighted by Gasteiger charge is -2.15. The fourth-order valence-corrected chi connectivity index (χ4v) is 3.83. The van der Waals surface area contributed by atoms with E-state index in [1.54, 1.807) is 0 Å². The molecule has 0 bridgehead atoms. The molecule has 0 aromatic carbocycles. The highest BCUT2D eigenvalue weighted by molar-refractivity contribution is 7.85. The zero-order valence-corrected chi connectivity index (χ0v) is 16.5. The second-order valence-electron chi connectivity index (χ2n) is 4.66. The van der Waals surface area contributed by atoms with Crippen LogP contribution >= 0.6 is 50.5 Å². The Morgan fingerprint density at radius 2 is 1.10 bits per heavy atom. The molecule has 21 heavy (non-hydrogen) atoms. The van der Waals surface area contributed by atoms with Gasteiger partial charge < -0.3 is 0 Å². The molecule has 4 nitrogen and oxygen atoms in total. The number of hydrogen-bond acceptors (Lipinski definition) is 8. The fraction of sp³-hybridized carbons (Fsp3) is 1.00. The highest BCUT2D eigenvalue weighted by atomic mass is 32.3. The summed E-state index contributed by atoms with van der Waals surface area (Å²) in [5.74, 6) is 1.65. The zero-order valence-electron chi connectivity index (χ0n) is 12.1. The van der Waals surface area contributed by atoms with E-state index in [9.17, 15) is 8.42 Å². The molecule has 0 aromatic rings. The van der Waals surface area contributed by atoms with Gasteiger partial charge in [-0.25, -0.2) is 8.37 Å². The minimum Gasteiger partial charge on any atom is -0.234 e. The van der Waals surface area contributed by atoms with Crippen LogP contribution in [-0.2, 0) is 18.8 Å². The molecule has 0 aliphatic heterocycles. The molecule has 0 saturated carbocycles. The minimum absolute atomic E-state index is 0.554. The Labute approximate surface area is 151 Å². The van der Waals surface area contributed by atoms with Crippen molar-refractivity contribution in [2.24, 2.45) is 0 Å².